The summed E-state index contributed by atoms with van der Waals surface area (Å²) in [6.07, 6.45) is 3.72. The average molecular weight is 634 g/mol. The monoisotopic (exact) mass is 633 g/mol. The molecular formula is C39H36ClNO5. The summed E-state index contributed by atoms with van der Waals surface area (Å²) in [7, 11) is 0. The smallest absolute Gasteiger partial charge is 0.307 e. The van der Waals surface area contributed by atoms with Crippen LogP contribution in [0.1, 0.15) is 48.8 Å². The zero-order valence-electron chi connectivity index (χ0n) is 25.6. The highest BCUT2D eigenvalue weighted by atomic mass is 35.5. The van der Waals surface area contributed by atoms with Crippen molar-refractivity contribution in [3.63, 3.8) is 0 Å². The number of allylic oxidation sites excluding steroid dienone is 1. The van der Waals surface area contributed by atoms with Crippen molar-refractivity contribution in [1.82, 2.24) is 4.90 Å². The average Bonchev–Trinajstić information content (AvgIpc) is 3.05. The molecule has 5 aromatic carbocycles. The Morgan fingerprint density at radius 2 is 1.37 bits per heavy atom. The lowest BCUT2D eigenvalue weighted by Gasteiger charge is -2.36. The van der Waals surface area contributed by atoms with Crippen LogP contribution in [0.2, 0.25) is 5.02 Å². The van der Waals surface area contributed by atoms with E-state index in [1.807, 2.05) is 85.8 Å². The minimum Gasteiger partial charge on any atom is -0.481 e. The first-order chi connectivity index (χ1) is 22.2. The third-order valence-corrected chi connectivity index (χ3v) is 8.78. The summed E-state index contributed by atoms with van der Waals surface area (Å²) >= 11 is 6.24. The van der Waals surface area contributed by atoms with Gasteiger partial charge in [-0.25, -0.2) is 0 Å². The van der Waals surface area contributed by atoms with Crippen LogP contribution in [0, 0.1) is 5.92 Å². The number of amides is 1. The third-order valence-electron chi connectivity index (χ3n) is 8.52. The van der Waals surface area contributed by atoms with E-state index >= 15 is 0 Å². The number of carboxylic acids is 2. The van der Waals surface area contributed by atoms with Crippen LogP contribution in [0.25, 0.3) is 27.6 Å². The Bertz CT molecular complexity index is 1880. The molecule has 234 valence electrons. The molecule has 7 heteroatoms. The fourth-order valence-corrected chi connectivity index (χ4v) is 6.11. The molecule has 0 aliphatic carbocycles. The Hall–Kier alpha value is -4.94. The Balaban J connectivity index is 1.48. The zero-order chi connectivity index (χ0) is 32.6. The Morgan fingerprint density at radius 3 is 2.00 bits per heavy atom. The summed E-state index contributed by atoms with van der Waals surface area (Å²) in [6, 6.07) is 35.6. The van der Waals surface area contributed by atoms with E-state index in [0.29, 0.717) is 11.4 Å². The molecule has 0 saturated carbocycles. The van der Waals surface area contributed by atoms with Crippen LogP contribution in [0.15, 0.2) is 115 Å². The van der Waals surface area contributed by atoms with E-state index in [1.165, 1.54) is 0 Å². The quantitative estimate of drug-likeness (QED) is 0.135. The van der Waals surface area contributed by atoms with Gasteiger partial charge < -0.3 is 15.1 Å². The van der Waals surface area contributed by atoms with Crippen LogP contribution in [0.3, 0.4) is 0 Å². The molecule has 46 heavy (non-hydrogen) atoms. The molecule has 2 N–H and O–H groups in total. The molecule has 3 atom stereocenters. The molecule has 0 bridgehead atoms. The lowest BCUT2D eigenvalue weighted by atomic mass is 9.87. The van der Waals surface area contributed by atoms with Gasteiger partial charge in [-0.05, 0) is 75.8 Å². The fourth-order valence-electron chi connectivity index (χ4n) is 5.98. The molecular weight excluding hydrogens is 598 g/mol. The number of carbonyl (C=O) groups excluding carboxylic acids is 1. The van der Waals surface area contributed by atoms with Crippen molar-refractivity contribution < 1.29 is 24.6 Å². The van der Waals surface area contributed by atoms with Crippen LogP contribution < -0.4 is 0 Å². The fraction of sp³-hybridized carbons (Fsp3) is 0.205. The predicted molar refractivity (Wildman–Crippen MR) is 184 cm³/mol. The van der Waals surface area contributed by atoms with E-state index < -0.39 is 36.6 Å². The van der Waals surface area contributed by atoms with Gasteiger partial charge in [0, 0.05) is 29.9 Å². The first-order valence-electron chi connectivity index (χ1n) is 15.3. The number of hydrogen-bond acceptors (Lipinski definition) is 3. The summed E-state index contributed by atoms with van der Waals surface area (Å²) in [5.74, 6) is -4.47. The van der Waals surface area contributed by atoms with Crippen LogP contribution in [-0.2, 0) is 20.9 Å². The largest absolute Gasteiger partial charge is 0.481 e. The van der Waals surface area contributed by atoms with Crippen molar-refractivity contribution >= 4 is 57.1 Å². The predicted octanol–water partition coefficient (Wildman–Crippen LogP) is 8.82. The van der Waals surface area contributed by atoms with Crippen molar-refractivity contribution in [3.05, 3.63) is 137 Å². The van der Waals surface area contributed by atoms with Crippen LogP contribution >= 0.6 is 11.6 Å². The van der Waals surface area contributed by atoms with Gasteiger partial charge in [0.05, 0.1) is 12.3 Å². The topological polar surface area (TPSA) is 94.9 Å². The van der Waals surface area contributed by atoms with Crippen molar-refractivity contribution in [2.45, 2.75) is 44.7 Å². The number of hydrogen-bond donors (Lipinski definition) is 2. The maximum absolute atomic E-state index is 14.0. The van der Waals surface area contributed by atoms with E-state index in [9.17, 15) is 24.6 Å². The Kier molecular flexibility index (Phi) is 10.5. The van der Waals surface area contributed by atoms with E-state index in [4.69, 9.17) is 11.6 Å². The van der Waals surface area contributed by atoms with Gasteiger partial charge in [0.1, 0.15) is 0 Å². The Labute approximate surface area is 273 Å². The highest BCUT2D eigenvalue weighted by Gasteiger charge is 2.32. The minimum absolute atomic E-state index is 0.166. The van der Waals surface area contributed by atoms with Crippen LogP contribution in [0.4, 0.5) is 0 Å². The van der Waals surface area contributed by atoms with Gasteiger partial charge in [-0.3, -0.25) is 14.4 Å². The zero-order valence-corrected chi connectivity index (χ0v) is 26.3. The van der Waals surface area contributed by atoms with Crippen molar-refractivity contribution in [2.24, 2.45) is 5.92 Å². The van der Waals surface area contributed by atoms with Gasteiger partial charge in [0.2, 0.25) is 5.91 Å². The number of carboxylic acid groups (broad SMARTS) is 2. The molecule has 0 spiro atoms. The van der Waals surface area contributed by atoms with Crippen LogP contribution in [-0.4, -0.2) is 39.0 Å². The molecule has 5 aromatic rings. The minimum atomic E-state index is -1.34. The first kappa shape index (κ1) is 32.5. The number of rotatable bonds is 13. The molecule has 5 rings (SSSR count). The third kappa shape index (κ3) is 8.20. The van der Waals surface area contributed by atoms with Crippen molar-refractivity contribution in [3.8, 4) is 0 Å². The molecule has 0 aliphatic rings. The number of carbonyl (C=O) groups is 3. The molecule has 1 amide bonds. The van der Waals surface area contributed by atoms with Gasteiger partial charge in [0.15, 0.2) is 0 Å². The van der Waals surface area contributed by atoms with Crippen LogP contribution in [0.5, 0.6) is 0 Å². The first-order valence-corrected chi connectivity index (χ1v) is 15.7. The highest BCUT2D eigenvalue weighted by Crippen LogP contribution is 2.32. The lowest BCUT2D eigenvalue weighted by molar-refractivity contribution is -0.151. The van der Waals surface area contributed by atoms with Gasteiger partial charge in [-0.1, -0.05) is 109 Å². The Morgan fingerprint density at radius 1 is 0.761 bits per heavy atom. The van der Waals surface area contributed by atoms with Gasteiger partial charge >= 0.3 is 11.9 Å². The van der Waals surface area contributed by atoms with E-state index in [2.05, 4.69) is 42.5 Å². The van der Waals surface area contributed by atoms with E-state index in [-0.39, 0.29) is 18.5 Å². The summed E-state index contributed by atoms with van der Waals surface area (Å²) in [4.78, 5) is 39.1. The SMILES string of the molecule is C[C@H]([C@H](CC=Cc1ccc2ccccc2c1)c1ccc(Cl)cc1)N(Cc1ccc2ccccc2c1)C(=O)C[C@@H](CC(=O)O)C(=O)O. The summed E-state index contributed by atoms with van der Waals surface area (Å²) in [6.45, 7) is 2.21. The number of halogens is 1. The van der Waals surface area contributed by atoms with Crippen molar-refractivity contribution in [1.29, 1.82) is 0 Å². The molecule has 0 heterocycles. The molecule has 0 unspecified atom stereocenters. The lowest BCUT2D eigenvalue weighted by Crippen LogP contribution is -2.43. The number of benzene rings is 5. The summed E-state index contributed by atoms with van der Waals surface area (Å²) in [5, 5.41) is 24.1. The normalized spacial score (nSPS) is 13.4. The maximum Gasteiger partial charge on any atom is 0.307 e. The molecule has 6 nitrogen and oxygen atoms in total. The second-order valence-electron chi connectivity index (χ2n) is 11.7. The molecule has 0 saturated heterocycles. The summed E-state index contributed by atoms with van der Waals surface area (Å²) < 4.78 is 0. The number of fused-ring (bicyclic) bond motifs is 2. The highest BCUT2D eigenvalue weighted by molar-refractivity contribution is 6.30. The molecule has 0 radical (unpaired) electrons. The number of nitrogens with zero attached hydrogens (tertiary/aromatic N) is 1. The maximum atomic E-state index is 14.0. The second-order valence-corrected chi connectivity index (χ2v) is 12.1. The van der Waals surface area contributed by atoms with Gasteiger partial charge in [0.25, 0.3) is 0 Å². The molecule has 0 fully saturated rings. The number of aliphatic carboxylic acids is 2. The second kappa shape index (κ2) is 14.9. The molecule has 0 aliphatic heterocycles. The van der Waals surface area contributed by atoms with Gasteiger partial charge in [-0.15, -0.1) is 0 Å². The van der Waals surface area contributed by atoms with Gasteiger partial charge in [-0.2, -0.15) is 0 Å². The summed E-state index contributed by atoms with van der Waals surface area (Å²) in [5.41, 5.74) is 2.94. The standard InChI is InChI=1S/C39H36ClNO5/c1-26(36(31-17-19-35(40)20-18-31)12-6-7-27-13-15-29-8-2-4-10-32(29)21-27)41(37(42)23-34(39(45)46)24-38(43)44)25-28-14-16-30-9-3-5-11-33(30)22-28/h2-11,13-22,26,34,36H,12,23-25H2,1H3,(H,43,44)(H,45,46)/t26-,34+,36+/m1/s1. The van der Waals surface area contributed by atoms with E-state index in [0.717, 1.165) is 38.2 Å². The molecule has 0 aromatic heterocycles. The van der Waals surface area contributed by atoms with Crippen molar-refractivity contribution in [2.75, 3.05) is 0 Å². The van der Waals surface area contributed by atoms with E-state index in [1.54, 1.807) is 4.90 Å².